The molecule has 0 N–H and O–H groups in total. The first-order chi connectivity index (χ1) is 5.70. The highest BCUT2D eigenvalue weighted by Crippen LogP contribution is 2.22. The first-order valence-electron chi connectivity index (χ1n) is 3.50. The molecule has 0 aliphatic carbocycles. The summed E-state index contributed by atoms with van der Waals surface area (Å²) >= 11 is 1.40. The summed E-state index contributed by atoms with van der Waals surface area (Å²) in [5, 5.41) is -0.209. The van der Waals surface area contributed by atoms with Gasteiger partial charge in [0.25, 0.3) is 0 Å². The summed E-state index contributed by atoms with van der Waals surface area (Å²) in [5.41, 5.74) is 0. The highest BCUT2D eigenvalue weighted by Gasteiger charge is 2.37. The molecule has 2 amide bonds. The molecule has 0 aromatic carbocycles. The van der Waals surface area contributed by atoms with Crippen molar-refractivity contribution >= 4 is 30.3 Å². The predicted octanol–water partition coefficient (Wildman–Crippen LogP) is 0.135. The number of carbonyl (C=O) groups excluding carboxylic acids is 2. The second-order valence-electron chi connectivity index (χ2n) is 2.45. The highest BCUT2D eigenvalue weighted by atomic mass is 32.2. The zero-order valence-electron chi connectivity index (χ0n) is 6.82. The molecular formula is C7H10N2O2S. The van der Waals surface area contributed by atoms with Crippen molar-refractivity contribution in [3.63, 3.8) is 0 Å². The minimum Gasteiger partial charge on any atom is -0.279 e. The third-order valence-corrected chi connectivity index (χ3v) is 2.67. The monoisotopic (exact) mass is 186 g/mol. The number of thioether (sulfide) groups is 1. The number of aliphatic imine (C=N–C) groups is 1. The van der Waals surface area contributed by atoms with Crippen LogP contribution in [-0.4, -0.2) is 41.6 Å². The van der Waals surface area contributed by atoms with Gasteiger partial charge in [-0.1, -0.05) is 0 Å². The van der Waals surface area contributed by atoms with Gasteiger partial charge in [0.1, 0.15) is 6.67 Å². The number of hydrogen-bond donors (Lipinski definition) is 0. The van der Waals surface area contributed by atoms with Gasteiger partial charge in [-0.05, 0) is 13.0 Å². The van der Waals surface area contributed by atoms with Gasteiger partial charge in [-0.3, -0.25) is 19.5 Å². The summed E-state index contributed by atoms with van der Waals surface area (Å²) in [7, 11) is 0. The maximum absolute atomic E-state index is 11.3. The van der Waals surface area contributed by atoms with Gasteiger partial charge in [0.2, 0.25) is 11.8 Å². The lowest BCUT2D eigenvalue weighted by Gasteiger charge is -2.09. The minimum atomic E-state index is -0.209. The average Bonchev–Trinajstić information content (AvgIpc) is 2.32. The van der Waals surface area contributed by atoms with E-state index >= 15 is 0 Å². The van der Waals surface area contributed by atoms with E-state index in [9.17, 15) is 9.59 Å². The van der Waals surface area contributed by atoms with Crippen molar-refractivity contribution in [1.82, 2.24) is 4.90 Å². The van der Waals surface area contributed by atoms with Crippen LogP contribution in [0.2, 0.25) is 0 Å². The van der Waals surface area contributed by atoms with Crippen LogP contribution in [0.1, 0.15) is 6.42 Å². The zero-order chi connectivity index (χ0) is 9.14. The normalized spacial score (nSPS) is 23.4. The zero-order valence-corrected chi connectivity index (χ0v) is 7.63. The Bertz CT molecular complexity index is 229. The van der Waals surface area contributed by atoms with Gasteiger partial charge < -0.3 is 0 Å². The van der Waals surface area contributed by atoms with Crippen LogP contribution < -0.4 is 0 Å². The Morgan fingerprint density at radius 3 is 2.83 bits per heavy atom. The Labute approximate surface area is 75.0 Å². The van der Waals surface area contributed by atoms with Crippen molar-refractivity contribution in [1.29, 1.82) is 0 Å². The molecule has 1 rings (SSSR count). The van der Waals surface area contributed by atoms with Gasteiger partial charge in [-0.25, -0.2) is 0 Å². The number of likely N-dealkylation sites (tertiary alicyclic amines) is 1. The van der Waals surface area contributed by atoms with Gasteiger partial charge in [-0.2, -0.15) is 11.8 Å². The fourth-order valence-corrected chi connectivity index (χ4v) is 1.72. The van der Waals surface area contributed by atoms with E-state index in [2.05, 4.69) is 11.7 Å². The van der Waals surface area contributed by atoms with Crippen molar-refractivity contribution in [2.75, 3.05) is 12.9 Å². The molecule has 66 valence electrons. The number of amides is 2. The summed E-state index contributed by atoms with van der Waals surface area (Å²) in [6.07, 6.45) is 2.12. The molecule has 0 saturated carbocycles. The molecule has 1 atom stereocenters. The number of rotatable bonds is 3. The lowest BCUT2D eigenvalue weighted by molar-refractivity contribution is -0.138. The maximum Gasteiger partial charge on any atom is 0.244 e. The summed E-state index contributed by atoms with van der Waals surface area (Å²) in [6.45, 7) is 3.33. The van der Waals surface area contributed by atoms with Crippen LogP contribution in [-0.2, 0) is 9.59 Å². The number of hydrogen-bond acceptors (Lipinski definition) is 4. The molecular weight excluding hydrogens is 176 g/mol. The Kier molecular flexibility index (Phi) is 2.86. The van der Waals surface area contributed by atoms with Gasteiger partial charge in [0, 0.05) is 6.42 Å². The molecule has 5 heteroatoms. The van der Waals surface area contributed by atoms with Crippen LogP contribution in [0.25, 0.3) is 0 Å². The standard InChI is InChI=1S/C7H10N2O2S/c1-8-4-9-6(10)3-5(12-2)7(9)11/h5H,1,3-4H2,2H3. The van der Waals surface area contributed by atoms with Crippen LogP contribution in [0.5, 0.6) is 0 Å². The molecule has 1 unspecified atom stereocenters. The molecule has 1 aliphatic heterocycles. The summed E-state index contributed by atoms with van der Waals surface area (Å²) < 4.78 is 0. The first kappa shape index (κ1) is 9.25. The molecule has 0 radical (unpaired) electrons. The van der Waals surface area contributed by atoms with E-state index in [1.807, 2.05) is 6.26 Å². The van der Waals surface area contributed by atoms with Crippen LogP contribution >= 0.6 is 11.8 Å². The molecule has 1 saturated heterocycles. The van der Waals surface area contributed by atoms with E-state index in [-0.39, 0.29) is 23.7 Å². The van der Waals surface area contributed by atoms with Gasteiger partial charge in [0.15, 0.2) is 0 Å². The predicted molar refractivity (Wildman–Crippen MR) is 48.2 cm³/mol. The average molecular weight is 186 g/mol. The second kappa shape index (κ2) is 3.71. The van der Waals surface area contributed by atoms with E-state index in [1.165, 1.54) is 11.8 Å². The molecule has 0 bridgehead atoms. The van der Waals surface area contributed by atoms with E-state index in [0.717, 1.165) is 4.90 Å². The van der Waals surface area contributed by atoms with Crippen LogP contribution in [0.4, 0.5) is 0 Å². The smallest absolute Gasteiger partial charge is 0.244 e. The number of nitrogens with zero attached hydrogens (tertiary/aromatic N) is 2. The van der Waals surface area contributed by atoms with Crippen molar-refractivity contribution in [2.45, 2.75) is 11.7 Å². The number of carbonyl (C=O) groups is 2. The first-order valence-corrected chi connectivity index (χ1v) is 4.79. The lowest BCUT2D eigenvalue weighted by atomic mass is 10.4. The molecule has 0 aromatic rings. The quantitative estimate of drug-likeness (QED) is 0.465. The topological polar surface area (TPSA) is 49.7 Å². The van der Waals surface area contributed by atoms with Crippen molar-refractivity contribution < 1.29 is 9.59 Å². The summed E-state index contributed by atoms with van der Waals surface area (Å²) in [4.78, 5) is 27.1. The number of imide groups is 1. The Morgan fingerprint density at radius 1 is 1.75 bits per heavy atom. The van der Waals surface area contributed by atoms with Gasteiger partial charge in [-0.15, -0.1) is 0 Å². The Hall–Kier alpha value is -0.840. The van der Waals surface area contributed by atoms with E-state index < -0.39 is 0 Å². The molecule has 0 spiro atoms. The van der Waals surface area contributed by atoms with Crippen molar-refractivity contribution in [2.24, 2.45) is 4.99 Å². The molecule has 1 aliphatic rings. The third-order valence-electron chi connectivity index (χ3n) is 1.73. The van der Waals surface area contributed by atoms with Crippen LogP contribution in [0, 0.1) is 0 Å². The summed E-state index contributed by atoms with van der Waals surface area (Å²) in [5.74, 6) is -0.286. The van der Waals surface area contributed by atoms with Crippen LogP contribution in [0.3, 0.4) is 0 Å². The molecule has 0 aromatic heterocycles. The van der Waals surface area contributed by atoms with Gasteiger partial charge >= 0.3 is 0 Å². The third kappa shape index (κ3) is 1.50. The second-order valence-corrected chi connectivity index (χ2v) is 3.49. The fourth-order valence-electron chi connectivity index (χ4n) is 1.09. The van der Waals surface area contributed by atoms with E-state index in [4.69, 9.17) is 0 Å². The van der Waals surface area contributed by atoms with Crippen molar-refractivity contribution in [3.8, 4) is 0 Å². The SMILES string of the molecule is C=NCN1C(=O)CC(SC)C1=O. The maximum atomic E-state index is 11.3. The summed E-state index contributed by atoms with van der Waals surface area (Å²) in [6, 6.07) is 0. The minimum absolute atomic E-state index is 0.0920. The molecule has 1 fully saturated rings. The largest absolute Gasteiger partial charge is 0.279 e. The molecule has 4 nitrogen and oxygen atoms in total. The van der Waals surface area contributed by atoms with Crippen LogP contribution in [0.15, 0.2) is 4.99 Å². The van der Waals surface area contributed by atoms with Crippen molar-refractivity contribution in [3.05, 3.63) is 0 Å². The van der Waals surface area contributed by atoms with E-state index in [1.54, 1.807) is 0 Å². The fraction of sp³-hybridized carbons (Fsp3) is 0.571. The van der Waals surface area contributed by atoms with E-state index in [0.29, 0.717) is 6.42 Å². The van der Waals surface area contributed by atoms with Gasteiger partial charge in [0.05, 0.1) is 5.25 Å². The lowest BCUT2D eigenvalue weighted by Crippen LogP contribution is -2.31. The Balaban J connectivity index is 2.70. The molecule has 12 heavy (non-hydrogen) atoms. The Morgan fingerprint density at radius 2 is 2.42 bits per heavy atom. The molecule has 1 heterocycles. The highest BCUT2D eigenvalue weighted by molar-refractivity contribution is 8.00.